The Kier molecular flexibility index (Phi) is 7.96. The lowest BCUT2D eigenvalue weighted by molar-refractivity contribution is -0.118. The van der Waals surface area contributed by atoms with E-state index < -0.39 is 5.92 Å². The van der Waals surface area contributed by atoms with E-state index >= 15 is 0 Å². The summed E-state index contributed by atoms with van der Waals surface area (Å²) < 4.78 is 17.8. The van der Waals surface area contributed by atoms with Gasteiger partial charge in [0.05, 0.1) is 31.3 Å². The predicted molar refractivity (Wildman–Crippen MR) is 145 cm³/mol. The summed E-state index contributed by atoms with van der Waals surface area (Å²) in [5, 5.41) is 10.2. The summed E-state index contributed by atoms with van der Waals surface area (Å²) in [5.74, 6) is 0.824. The SMILES string of the molecule is COCCN1C(N)=C(C#N)[C@@H](c2cc(OC)c(OCc3ccccc3)cc2Br)C2=C1CC(C)(C)CC2=O. The average Bonchev–Trinajstić information content (AvgIpc) is 2.86. The number of hydrogen-bond donors (Lipinski definition) is 1. The molecule has 1 heterocycles. The lowest BCUT2D eigenvalue weighted by Gasteiger charge is -2.44. The summed E-state index contributed by atoms with van der Waals surface area (Å²) in [5.41, 5.74) is 9.96. The Morgan fingerprint density at radius 2 is 1.89 bits per heavy atom. The Labute approximate surface area is 226 Å². The predicted octanol–water partition coefficient (Wildman–Crippen LogP) is 5.42. The highest BCUT2D eigenvalue weighted by atomic mass is 79.9. The monoisotopic (exact) mass is 565 g/mol. The zero-order valence-corrected chi connectivity index (χ0v) is 23.2. The van der Waals surface area contributed by atoms with Crippen LogP contribution in [0.2, 0.25) is 0 Å². The molecular formula is C29H32BrN3O4. The van der Waals surface area contributed by atoms with Gasteiger partial charge in [-0.15, -0.1) is 0 Å². The standard InChI is InChI=1S/C29H32BrN3O4/c1-29(2)14-22-27(23(34)15-29)26(20(16-31)28(32)33(22)10-11-35-3)19-12-24(36-4)25(13-21(19)30)37-17-18-8-6-5-7-9-18/h5-9,12-13,26H,10-11,14-15,17,32H2,1-4H3/t26-/m1/s1. The van der Waals surface area contributed by atoms with Crippen LogP contribution in [-0.4, -0.2) is 38.1 Å². The molecule has 0 spiro atoms. The van der Waals surface area contributed by atoms with Gasteiger partial charge in [0, 0.05) is 35.8 Å². The van der Waals surface area contributed by atoms with Crippen LogP contribution in [0.3, 0.4) is 0 Å². The third-order valence-electron chi connectivity index (χ3n) is 6.84. The van der Waals surface area contributed by atoms with Crippen LogP contribution in [-0.2, 0) is 16.1 Å². The van der Waals surface area contributed by atoms with E-state index in [1.807, 2.05) is 47.4 Å². The van der Waals surface area contributed by atoms with E-state index in [0.29, 0.717) is 65.5 Å². The zero-order valence-electron chi connectivity index (χ0n) is 21.6. The molecule has 194 valence electrons. The van der Waals surface area contributed by atoms with E-state index in [1.165, 1.54) is 0 Å². The summed E-state index contributed by atoms with van der Waals surface area (Å²) in [4.78, 5) is 15.5. The first-order valence-electron chi connectivity index (χ1n) is 12.2. The molecule has 0 aromatic heterocycles. The molecule has 2 aliphatic rings. The number of carbonyl (C=O) groups excluding carboxylic acids is 1. The quantitative estimate of drug-likeness (QED) is 0.456. The van der Waals surface area contributed by atoms with Gasteiger partial charge in [0.15, 0.2) is 17.3 Å². The Bertz CT molecular complexity index is 1290. The van der Waals surface area contributed by atoms with E-state index in [-0.39, 0.29) is 11.2 Å². The molecule has 2 aromatic rings. The van der Waals surface area contributed by atoms with E-state index in [0.717, 1.165) is 16.8 Å². The molecule has 8 heteroatoms. The van der Waals surface area contributed by atoms with E-state index in [4.69, 9.17) is 19.9 Å². The van der Waals surface area contributed by atoms with Crippen molar-refractivity contribution >= 4 is 21.7 Å². The molecule has 2 aromatic carbocycles. The largest absolute Gasteiger partial charge is 0.493 e. The highest BCUT2D eigenvalue weighted by Gasteiger charge is 2.44. The first-order valence-corrected chi connectivity index (χ1v) is 13.0. The normalized spacial score (nSPS) is 19.0. The second kappa shape index (κ2) is 11.0. The summed E-state index contributed by atoms with van der Waals surface area (Å²) in [6.45, 7) is 5.41. The van der Waals surface area contributed by atoms with Crippen molar-refractivity contribution in [2.45, 2.75) is 39.2 Å². The van der Waals surface area contributed by atoms with Gasteiger partial charge >= 0.3 is 0 Å². The minimum absolute atomic E-state index is 0.0224. The van der Waals surface area contributed by atoms with Crippen molar-refractivity contribution in [2.24, 2.45) is 11.1 Å². The molecule has 0 fully saturated rings. The number of nitrogens with zero attached hydrogens (tertiary/aromatic N) is 2. The molecule has 4 rings (SSSR count). The number of ether oxygens (including phenoxy) is 3. The van der Waals surface area contributed by atoms with E-state index in [2.05, 4.69) is 35.8 Å². The van der Waals surface area contributed by atoms with E-state index in [9.17, 15) is 10.1 Å². The van der Waals surface area contributed by atoms with Crippen LogP contribution in [0.5, 0.6) is 11.5 Å². The minimum atomic E-state index is -0.617. The topological polar surface area (TPSA) is 97.8 Å². The number of benzene rings is 2. The van der Waals surface area contributed by atoms with Crippen molar-refractivity contribution in [3.63, 3.8) is 0 Å². The van der Waals surface area contributed by atoms with Gasteiger partial charge in [0.25, 0.3) is 0 Å². The van der Waals surface area contributed by atoms with Crippen LogP contribution in [0.1, 0.15) is 43.7 Å². The second-order valence-corrected chi connectivity index (χ2v) is 10.9. The highest BCUT2D eigenvalue weighted by molar-refractivity contribution is 9.10. The van der Waals surface area contributed by atoms with Crippen LogP contribution in [0.15, 0.2) is 69.6 Å². The van der Waals surface area contributed by atoms with Crippen LogP contribution in [0.4, 0.5) is 0 Å². The van der Waals surface area contributed by atoms with Crippen LogP contribution in [0.25, 0.3) is 0 Å². The molecule has 7 nitrogen and oxygen atoms in total. The molecule has 1 atom stereocenters. The lowest BCUT2D eigenvalue weighted by Crippen LogP contribution is -2.43. The Balaban J connectivity index is 1.82. The van der Waals surface area contributed by atoms with Crippen molar-refractivity contribution < 1.29 is 19.0 Å². The van der Waals surface area contributed by atoms with Crippen LogP contribution < -0.4 is 15.2 Å². The van der Waals surface area contributed by atoms with Crippen molar-refractivity contribution in [3.8, 4) is 17.6 Å². The molecule has 0 unspecified atom stereocenters. The Hall–Kier alpha value is -3.28. The van der Waals surface area contributed by atoms with Crippen molar-refractivity contribution in [1.29, 1.82) is 5.26 Å². The molecule has 37 heavy (non-hydrogen) atoms. The van der Waals surface area contributed by atoms with Gasteiger partial charge in [-0.3, -0.25) is 4.79 Å². The third kappa shape index (κ3) is 5.39. The fourth-order valence-corrected chi connectivity index (χ4v) is 5.66. The van der Waals surface area contributed by atoms with E-state index in [1.54, 1.807) is 14.2 Å². The number of hydrogen-bond acceptors (Lipinski definition) is 7. The summed E-state index contributed by atoms with van der Waals surface area (Å²) in [6, 6.07) is 15.8. The number of Topliss-reactive ketones (excluding diaryl/α,β-unsaturated/α-hetero) is 1. The summed E-state index contributed by atoms with van der Waals surface area (Å²) in [7, 11) is 3.19. The number of carbonyl (C=O) groups is 1. The maximum atomic E-state index is 13.6. The van der Waals surface area contributed by atoms with Gasteiger partial charge in [-0.25, -0.2) is 0 Å². The number of rotatable bonds is 8. The van der Waals surface area contributed by atoms with Crippen molar-refractivity contribution in [2.75, 3.05) is 27.4 Å². The maximum absolute atomic E-state index is 13.6. The van der Waals surface area contributed by atoms with Crippen LogP contribution >= 0.6 is 15.9 Å². The molecule has 0 bridgehead atoms. The van der Waals surface area contributed by atoms with Gasteiger partial charge in [0.1, 0.15) is 12.4 Å². The molecule has 1 aliphatic heterocycles. The number of allylic oxidation sites excluding steroid dienone is 3. The van der Waals surface area contributed by atoms with Crippen molar-refractivity contribution in [1.82, 2.24) is 4.90 Å². The summed E-state index contributed by atoms with van der Waals surface area (Å²) >= 11 is 3.69. The van der Waals surface area contributed by atoms with Gasteiger partial charge in [-0.05, 0) is 35.1 Å². The average molecular weight is 566 g/mol. The second-order valence-electron chi connectivity index (χ2n) is 10.1. The molecule has 1 aliphatic carbocycles. The smallest absolute Gasteiger partial charge is 0.162 e. The molecule has 0 amide bonds. The fourth-order valence-electron chi connectivity index (χ4n) is 5.10. The molecule has 2 N–H and O–H groups in total. The first-order chi connectivity index (χ1) is 17.7. The number of nitrogens with two attached hydrogens (primary N) is 1. The summed E-state index contributed by atoms with van der Waals surface area (Å²) in [6.07, 6.45) is 1.06. The molecule has 0 saturated carbocycles. The zero-order chi connectivity index (χ0) is 26.7. The molecule has 0 radical (unpaired) electrons. The van der Waals surface area contributed by atoms with Gasteiger partial charge in [-0.1, -0.05) is 60.1 Å². The Morgan fingerprint density at radius 1 is 1.16 bits per heavy atom. The number of halogens is 1. The number of nitriles is 1. The van der Waals surface area contributed by atoms with Crippen molar-refractivity contribution in [3.05, 3.63) is 80.7 Å². The van der Waals surface area contributed by atoms with Gasteiger partial charge in [-0.2, -0.15) is 5.26 Å². The van der Waals surface area contributed by atoms with Gasteiger partial charge < -0.3 is 24.8 Å². The lowest BCUT2D eigenvalue weighted by atomic mass is 9.68. The van der Waals surface area contributed by atoms with Crippen LogP contribution in [0, 0.1) is 16.7 Å². The fraction of sp³-hybridized carbons (Fsp3) is 0.379. The molecule has 0 saturated heterocycles. The minimum Gasteiger partial charge on any atom is -0.493 e. The maximum Gasteiger partial charge on any atom is 0.162 e. The first kappa shape index (κ1) is 26.8. The Morgan fingerprint density at radius 3 is 2.54 bits per heavy atom. The highest BCUT2D eigenvalue weighted by Crippen LogP contribution is 2.51. The van der Waals surface area contributed by atoms with Gasteiger partial charge in [0.2, 0.25) is 0 Å². The number of methoxy groups -OCH3 is 2. The molecular weight excluding hydrogens is 534 g/mol. The third-order valence-corrected chi connectivity index (χ3v) is 7.52. The number of ketones is 1.